The van der Waals surface area contributed by atoms with Crippen molar-refractivity contribution in [2.75, 3.05) is 18.5 Å². The van der Waals surface area contributed by atoms with Crippen LogP contribution in [0.2, 0.25) is 5.15 Å². The molecule has 1 aromatic heterocycles. The molecule has 0 aliphatic carbocycles. The lowest BCUT2D eigenvalue weighted by molar-refractivity contribution is 0.156. The monoisotopic (exact) mass is 207 g/mol. The lowest BCUT2D eigenvalue weighted by Gasteiger charge is -2.16. The van der Waals surface area contributed by atoms with Gasteiger partial charge in [-0.1, -0.05) is 11.6 Å². The molecule has 0 atom stereocenters. The molecule has 0 saturated carbocycles. The summed E-state index contributed by atoms with van der Waals surface area (Å²) < 4.78 is 23.9. The van der Waals surface area contributed by atoms with Gasteiger partial charge in [-0.25, -0.2) is 13.8 Å². The smallest absolute Gasteiger partial charge is 0.255 e. The summed E-state index contributed by atoms with van der Waals surface area (Å²) >= 11 is 5.54. The Morgan fingerprint density at radius 1 is 1.54 bits per heavy atom. The average Bonchev–Trinajstić information content (AvgIpc) is 2.03. The molecule has 1 rings (SSSR count). The standard InChI is InChI=1S/C7H8ClF2N3/c1-13(4-6(9)10)7-3-11-2-5(8)12-7/h2-3,6H,4H2,1H3. The third-order valence-electron chi connectivity index (χ3n) is 1.40. The van der Waals surface area contributed by atoms with Crippen LogP contribution in [0.3, 0.4) is 0 Å². The summed E-state index contributed by atoms with van der Waals surface area (Å²) in [5.41, 5.74) is 0. The molecule has 72 valence electrons. The minimum Gasteiger partial charge on any atom is -0.353 e. The van der Waals surface area contributed by atoms with Crippen LogP contribution >= 0.6 is 11.6 Å². The number of alkyl halides is 2. The summed E-state index contributed by atoms with van der Waals surface area (Å²) in [7, 11) is 1.51. The first-order valence-corrected chi connectivity index (χ1v) is 3.94. The zero-order valence-corrected chi connectivity index (χ0v) is 7.67. The molecule has 0 radical (unpaired) electrons. The molecular weight excluding hydrogens is 200 g/mol. The van der Waals surface area contributed by atoms with E-state index >= 15 is 0 Å². The van der Waals surface area contributed by atoms with E-state index in [-0.39, 0.29) is 11.7 Å². The number of hydrogen-bond donors (Lipinski definition) is 0. The molecule has 3 nitrogen and oxygen atoms in total. The summed E-state index contributed by atoms with van der Waals surface area (Å²) in [6, 6.07) is 0. The van der Waals surface area contributed by atoms with Gasteiger partial charge in [-0.15, -0.1) is 0 Å². The maximum atomic E-state index is 11.9. The van der Waals surface area contributed by atoms with E-state index in [0.717, 1.165) is 0 Å². The van der Waals surface area contributed by atoms with Crippen LogP contribution in [0, 0.1) is 0 Å². The van der Waals surface area contributed by atoms with Crippen molar-refractivity contribution >= 4 is 17.4 Å². The lowest BCUT2D eigenvalue weighted by atomic mass is 10.5. The molecule has 6 heteroatoms. The van der Waals surface area contributed by atoms with Gasteiger partial charge in [0.1, 0.15) is 11.0 Å². The van der Waals surface area contributed by atoms with Crippen molar-refractivity contribution in [1.29, 1.82) is 0 Å². The molecular formula is C7H8ClF2N3. The molecule has 0 unspecified atom stereocenters. The second-order valence-corrected chi connectivity index (χ2v) is 2.86. The molecule has 0 bridgehead atoms. The van der Waals surface area contributed by atoms with E-state index in [1.807, 2.05) is 0 Å². The molecule has 0 amide bonds. The highest BCUT2D eigenvalue weighted by Gasteiger charge is 2.09. The van der Waals surface area contributed by atoms with Crippen molar-refractivity contribution in [1.82, 2.24) is 9.97 Å². The second-order valence-electron chi connectivity index (χ2n) is 2.47. The number of anilines is 1. The molecule has 1 heterocycles. The van der Waals surface area contributed by atoms with Gasteiger partial charge in [0.15, 0.2) is 0 Å². The minimum atomic E-state index is -2.40. The Morgan fingerprint density at radius 3 is 2.77 bits per heavy atom. The summed E-state index contributed by atoms with van der Waals surface area (Å²) in [4.78, 5) is 8.85. The van der Waals surface area contributed by atoms with Crippen molar-refractivity contribution in [3.05, 3.63) is 17.5 Å². The van der Waals surface area contributed by atoms with Gasteiger partial charge >= 0.3 is 0 Å². The van der Waals surface area contributed by atoms with Gasteiger partial charge in [0, 0.05) is 7.05 Å². The van der Waals surface area contributed by atoms with Crippen LogP contribution in [0.25, 0.3) is 0 Å². The molecule has 0 spiro atoms. The van der Waals surface area contributed by atoms with Crippen molar-refractivity contribution in [3.63, 3.8) is 0 Å². The highest BCUT2D eigenvalue weighted by molar-refractivity contribution is 6.29. The van der Waals surface area contributed by atoms with E-state index in [1.165, 1.54) is 24.3 Å². The third kappa shape index (κ3) is 3.10. The van der Waals surface area contributed by atoms with Crippen molar-refractivity contribution < 1.29 is 8.78 Å². The van der Waals surface area contributed by atoms with E-state index in [2.05, 4.69) is 9.97 Å². The van der Waals surface area contributed by atoms with Crippen LogP contribution in [0.15, 0.2) is 12.4 Å². The van der Waals surface area contributed by atoms with Gasteiger partial charge in [-0.05, 0) is 0 Å². The van der Waals surface area contributed by atoms with E-state index in [1.54, 1.807) is 0 Å². The van der Waals surface area contributed by atoms with E-state index < -0.39 is 6.43 Å². The Balaban J connectivity index is 2.71. The van der Waals surface area contributed by atoms with Crippen LogP contribution in [0.5, 0.6) is 0 Å². The highest BCUT2D eigenvalue weighted by Crippen LogP contribution is 2.11. The summed E-state index contributed by atoms with van der Waals surface area (Å²) in [5.74, 6) is 0.341. The van der Waals surface area contributed by atoms with Crippen LogP contribution in [-0.4, -0.2) is 30.0 Å². The fraction of sp³-hybridized carbons (Fsp3) is 0.429. The topological polar surface area (TPSA) is 29.0 Å². The predicted molar refractivity (Wildman–Crippen MR) is 46.3 cm³/mol. The molecule has 13 heavy (non-hydrogen) atoms. The van der Waals surface area contributed by atoms with Gasteiger partial charge in [0.2, 0.25) is 0 Å². The lowest BCUT2D eigenvalue weighted by Crippen LogP contribution is -2.24. The first-order valence-electron chi connectivity index (χ1n) is 3.56. The molecule has 0 aliphatic rings. The first-order chi connectivity index (χ1) is 6.09. The molecule has 1 aromatic rings. The molecule has 0 N–H and O–H groups in total. The maximum absolute atomic E-state index is 11.9. The fourth-order valence-corrected chi connectivity index (χ4v) is 0.960. The summed E-state index contributed by atoms with van der Waals surface area (Å²) in [6.45, 7) is -0.380. The average molecular weight is 208 g/mol. The largest absolute Gasteiger partial charge is 0.353 e. The molecule has 0 saturated heterocycles. The van der Waals surface area contributed by atoms with Gasteiger partial charge in [0.25, 0.3) is 6.43 Å². The van der Waals surface area contributed by atoms with E-state index in [0.29, 0.717) is 5.82 Å². The Labute approximate surface area is 79.4 Å². The van der Waals surface area contributed by atoms with Gasteiger partial charge in [-0.3, -0.25) is 4.98 Å². The summed E-state index contributed by atoms with van der Waals surface area (Å²) in [6.07, 6.45) is 0.334. The number of hydrogen-bond acceptors (Lipinski definition) is 3. The Hall–Kier alpha value is -0.970. The van der Waals surface area contributed by atoms with Crippen LogP contribution in [0.4, 0.5) is 14.6 Å². The fourth-order valence-electron chi connectivity index (χ4n) is 0.817. The molecule has 0 fully saturated rings. The normalized spacial score (nSPS) is 10.5. The Kier molecular flexibility index (Phi) is 3.36. The van der Waals surface area contributed by atoms with Crippen molar-refractivity contribution in [2.45, 2.75) is 6.43 Å². The molecule has 0 aromatic carbocycles. The zero-order valence-electron chi connectivity index (χ0n) is 6.91. The first kappa shape index (κ1) is 10.1. The van der Waals surface area contributed by atoms with Gasteiger partial charge < -0.3 is 4.90 Å². The second kappa shape index (κ2) is 4.32. The van der Waals surface area contributed by atoms with E-state index in [9.17, 15) is 8.78 Å². The summed E-state index contributed by atoms with van der Waals surface area (Å²) in [5, 5.41) is 0.193. The third-order valence-corrected chi connectivity index (χ3v) is 1.58. The van der Waals surface area contributed by atoms with Crippen LogP contribution < -0.4 is 4.90 Å². The van der Waals surface area contributed by atoms with E-state index in [4.69, 9.17) is 11.6 Å². The van der Waals surface area contributed by atoms with Crippen LogP contribution in [-0.2, 0) is 0 Å². The zero-order chi connectivity index (χ0) is 9.84. The van der Waals surface area contributed by atoms with Crippen LogP contribution in [0.1, 0.15) is 0 Å². The SMILES string of the molecule is CN(CC(F)F)c1cncc(Cl)n1. The number of halogens is 3. The Morgan fingerprint density at radius 2 is 2.23 bits per heavy atom. The number of aromatic nitrogens is 2. The maximum Gasteiger partial charge on any atom is 0.255 e. The van der Waals surface area contributed by atoms with Crippen molar-refractivity contribution in [3.8, 4) is 0 Å². The Bertz CT molecular complexity index is 282. The van der Waals surface area contributed by atoms with Gasteiger partial charge in [0.05, 0.1) is 18.9 Å². The number of nitrogens with zero attached hydrogens (tertiary/aromatic N) is 3. The number of rotatable bonds is 3. The quantitative estimate of drug-likeness (QED) is 0.757. The predicted octanol–water partition coefficient (Wildman–Crippen LogP) is 1.83. The highest BCUT2D eigenvalue weighted by atomic mass is 35.5. The molecule has 0 aliphatic heterocycles. The van der Waals surface area contributed by atoms with Gasteiger partial charge in [-0.2, -0.15) is 0 Å². The van der Waals surface area contributed by atoms with Crippen molar-refractivity contribution in [2.24, 2.45) is 0 Å². The minimum absolute atomic E-state index is 0.193.